The lowest BCUT2D eigenvalue weighted by molar-refractivity contribution is 0.282. The molecular formula is C10H22N2O. The number of nitrogens with zero attached hydrogens (tertiary/aromatic N) is 1. The Hall–Kier alpha value is -0.120. The van der Waals surface area contributed by atoms with Crippen LogP contribution in [-0.4, -0.2) is 49.3 Å². The highest BCUT2D eigenvalue weighted by atomic mass is 16.2. The van der Waals surface area contributed by atoms with Crippen molar-refractivity contribution in [2.75, 3.05) is 39.3 Å². The number of likely N-dealkylation sites (tertiary alicyclic amines) is 1. The summed E-state index contributed by atoms with van der Waals surface area (Å²) in [7, 11) is 0. The molecule has 0 saturated carbocycles. The molecular weight excluding hydrogens is 164 g/mol. The van der Waals surface area contributed by atoms with Crippen LogP contribution in [0.4, 0.5) is 0 Å². The number of nitrogens with one attached hydrogen (secondary N) is 1. The molecule has 0 bridgehead atoms. The summed E-state index contributed by atoms with van der Waals surface area (Å²) >= 11 is 0. The Kier molecular flexibility index (Phi) is 6.15. The minimum atomic E-state index is 0.327. The van der Waals surface area contributed by atoms with Crippen molar-refractivity contribution in [2.24, 2.45) is 0 Å². The zero-order chi connectivity index (χ0) is 9.36. The molecule has 1 aliphatic rings. The van der Waals surface area contributed by atoms with Crippen LogP contribution in [0.2, 0.25) is 0 Å². The number of unbranched alkanes of at least 4 members (excludes halogenated alkanes) is 1. The van der Waals surface area contributed by atoms with E-state index >= 15 is 0 Å². The molecule has 0 unspecified atom stereocenters. The fourth-order valence-corrected chi connectivity index (χ4v) is 1.73. The van der Waals surface area contributed by atoms with Crippen LogP contribution < -0.4 is 5.32 Å². The Morgan fingerprint density at radius 1 is 1.08 bits per heavy atom. The number of aliphatic hydroxyl groups is 1. The maximum atomic E-state index is 8.56. The van der Waals surface area contributed by atoms with E-state index in [1.54, 1.807) is 0 Å². The van der Waals surface area contributed by atoms with E-state index in [0.29, 0.717) is 6.61 Å². The van der Waals surface area contributed by atoms with Crippen molar-refractivity contribution in [1.82, 2.24) is 10.2 Å². The summed E-state index contributed by atoms with van der Waals surface area (Å²) in [6, 6.07) is 0. The zero-order valence-corrected chi connectivity index (χ0v) is 8.47. The van der Waals surface area contributed by atoms with E-state index in [1.165, 1.54) is 32.5 Å². The molecule has 0 aromatic rings. The van der Waals surface area contributed by atoms with Crippen LogP contribution in [-0.2, 0) is 0 Å². The molecule has 13 heavy (non-hydrogen) atoms. The molecule has 3 heteroatoms. The normalized spacial score (nSPS) is 18.2. The average molecular weight is 186 g/mol. The van der Waals surface area contributed by atoms with Crippen molar-refractivity contribution < 1.29 is 5.11 Å². The molecule has 3 nitrogen and oxygen atoms in total. The Morgan fingerprint density at radius 3 is 2.54 bits per heavy atom. The Bertz CT molecular complexity index is 113. The van der Waals surface area contributed by atoms with Crippen LogP contribution in [0.25, 0.3) is 0 Å². The van der Waals surface area contributed by atoms with Crippen LogP contribution in [0.3, 0.4) is 0 Å². The van der Waals surface area contributed by atoms with Crippen molar-refractivity contribution in [1.29, 1.82) is 0 Å². The first-order chi connectivity index (χ1) is 6.43. The van der Waals surface area contributed by atoms with E-state index in [4.69, 9.17) is 5.11 Å². The third-order valence-corrected chi connectivity index (χ3v) is 2.57. The predicted molar refractivity (Wildman–Crippen MR) is 54.9 cm³/mol. The smallest absolute Gasteiger partial charge is 0.0431 e. The maximum absolute atomic E-state index is 8.56. The SMILES string of the molecule is OCCCCNCCN1CCCC1. The van der Waals surface area contributed by atoms with Gasteiger partial charge in [0, 0.05) is 19.7 Å². The standard InChI is InChI=1S/C10H22N2O/c13-10-4-1-5-11-6-9-12-7-2-3-8-12/h11,13H,1-10H2. The van der Waals surface area contributed by atoms with Gasteiger partial charge < -0.3 is 15.3 Å². The molecule has 0 spiro atoms. The lowest BCUT2D eigenvalue weighted by atomic mass is 10.3. The highest BCUT2D eigenvalue weighted by Gasteiger charge is 2.09. The second-order valence-corrected chi connectivity index (χ2v) is 3.73. The number of rotatable bonds is 7. The molecule has 1 rings (SSSR count). The molecule has 2 N–H and O–H groups in total. The third kappa shape index (κ3) is 5.24. The molecule has 1 aliphatic heterocycles. The van der Waals surface area contributed by atoms with Crippen LogP contribution in [0.5, 0.6) is 0 Å². The van der Waals surface area contributed by atoms with Gasteiger partial charge in [-0.25, -0.2) is 0 Å². The summed E-state index contributed by atoms with van der Waals surface area (Å²) < 4.78 is 0. The van der Waals surface area contributed by atoms with Crippen molar-refractivity contribution in [3.63, 3.8) is 0 Å². The average Bonchev–Trinajstić information content (AvgIpc) is 2.63. The van der Waals surface area contributed by atoms with Gasteiger partial charge in [0.15, 0.2) is 0 Å². The first-order valence-corrected chi connectivity index (χ1v) is 5.47. The summed E-state index contributed by atoms with van der Waals surface area (Å²) in [5.74, 6) is 0. The van der Waals surface area contributed by atoms with Crippen LogP contribution in [0.15, 0.2) is 0 Å². The molecule has 0 radical (unpaired) electrons. The quantitative estimate of drug-likeness (QED) is 0.567. The Morgan fingerprint density at radius 2 is 1.85 bits per heavy atom. The van der Waals surface area contributed by atoms with E-state index in [2.05, 4.69) is 10.2 Å². The Labute approximate surface area is 81.1 Å². The van der Waals surface area contributed by atoms with Gasteiger partial charge in [0.1, 0.15) is 0 Å². The molecule has 1 heterocycles. The summed E-state index contributed by atoms with van der Waals surface area (Å²) in [5.41, 5.74) is 0. The highest BCUT2D eigenvalue weighted by molar-refractivity contribution is 4.66. The molecule has 0 aromatic carbocycles. The molecule has 1 fully saturated rings. The van der Waals surface area contributed by atoms with Crippen molar-refractivity contribution >= 4 is 0 Å². The summed E-state index contributed by atoms with van der Waals surface area (Å²) in [5, 5.41) is 12.0. The topological polar surface area (TPSA) is 35.5 Å². The summed E-state index contributed by atoms with van der Waals surface area (Å²) in [4.78, 5) is 2.51. The van der Waals surface area contributed by atoms with Crippen LogP contribution in [0, 0.1) is 0 Å². The Balaban J connectivity index is 1.78. The van der Waals surface area contributed by atoms with Gasteiger partial charge >= 0.3 is 0 Å². The van der Waals surface area contributed by atoms with E-state index in [0.717, 1.165) is 25.9 Å². The minimum Gasteiger partial charge on any atom is -0.396 e. The van der Waals surface area contributed by atoms with Crippen molar-refractivity contribution in [3.05, 3.63) is 0 Å². The van der Waals surface area contributed by atoms with Crippen LogP contribution >= 0.6 is 0 Å². The van der Waals surface area contributed by atoms with Gasteiger partial charge in [-0.1, -0.05) is 0 Å². The fourth-order valence-electron chi connectivity index (χ4n) is 1.73. The molecule has 78 valence electrons. The minimum absolute atomic E-state index is 0.327. The monoisotopic (exact) mass is 186 g/mol. The summed E-state index contributed by atoms with van der Waals surface area (Å²) in [6.07, 6.45) is 4.78. The van der Waals surface area contributed by atoms with E-state index < -0.39 is 0 Å². The molecule has 0 aromatic heterocycles. The van der Waals surface area contributed by atoms with E-state index in [9.17, 15) is 0 Å². The van der Waals surface area contributed by atoms with Crippen LogP contribution in [0.1, 0.15) is 25.7 Å². The molecule has 0 atom stereocenters. The molecule has 1 saturated heterocycles. The lowest BCUT2D eigenvalue weighted by Gasteiger charge is -2.14. The van der Waals surface area contributed by atoms with Gasteiger partial charge in [0.05, 0.1) is 0 Å². The number of aliphatic hydroxyl groups excluding tert-OH is 1. The maximum Gasteiger partial charge on any atom is 0.0431 e. The van der Waals surface area contributed by atoms with Gasteiger partial charge in [-0.15, -0.1) is 0 Å². The lowest BCUT2D eigenvalue weighted by Crippen LogP contribution is -2.30. The molecule has 0 amide bonds. The third-order valence-electron chi connectivity index (χ3n) is 2.57. The second-order valence-electron chi connectivity index (χ2n) is 3.73. The predicted octanol–water partition coefficient (Wildman–Crippen LogP) is 0.444. The number of hydrogen-bond acceptors (Lipinski definition) is 3. The zero-order valence-electron chi connectivity index (χ0n) is 8.47. The van der Waals surface area contributed by atoms with E-state index in [-0.39, 0.29) is 0 Å². The first-order valence-electron chi connectivity index (χ1n) is 5.47. The second kappa shape index (κ2) is 7.30. The number of hydrogen-bond donors (Lipinski definition) is 2. The largest absolute Gasteiger partial charge is 0.396 e. The first kappa shape index (κ1) is 11.0. The molecule has 0 aliphatic carbocycles. The fraction of sp³-hybridized carbons (Fsp3) is 1.00. The van der Waals surface area contributed by atoms with Gasteiger partial charge in [0.25, 0.3) is 0 Å². The van der Waals surface area contributed by atoms with E-state index in [1.807, 2.05) is 0 Å². The van der Waals surface area contributed by atoms with Crippen molar-refractivity contribution in [3.8, 4) is 0 Å². The van der Waals surface area contributed by atoms with Gasteiger partial charge in [-0.3, -0.25) is 0 Å². The van der Waals surface area contributed by atoms with Crippen molar-refractivity contribution in [2.45, 2.75) is 25.7 Å². The van der Waals surface area contributed by atoms with Gasteiger partial charge in [-0.2, -0.15) is 0 Å². The highest BCUT2D eigenvalue weighted by Crippen LogP contribution is 2.05. The van der Waals surface area contributed by atoms with Gasteiger partial charge in [-0.05, 0) is 45.3 Å². The summed E-state index contributed by atoms with van der Waals surface area (Å²) in [6.45, 7) is 6.25. The van der Waals surface area contributed by atoms with Gasteiger partial charge in [0.2, 0.25) is 0 Å².